The molecule has 0 amide bonds. The molecule has 0 radical (unpaired) electrons. The van der Waals surface area contributed by atoms with Crippen molar-refractivity contribution in [1.29, 1.82) is 0 Å². The van der Waals surface area contributed by atoms with Gasteiger partial charge in [0, 0.05) is 29.6 Å². The molecule has 0 aromatic carbocycles. The van der Waals surface area contributed by atoms with Crippen LogP contribution in [0, 0.1) is 40.4 Å². The summed E-state index contributed by atoms with van der Waals surface area (Å²) in [5.74, 6) is -0.112. The molecule has 3 fully saturated rings. The Labute approximate surface area is 178 Å². The topological polar surface area (TPSA) is 80.7 Å². The van der Waals surface area contributed by atoms with Gasteiger partial charge in [-0.25, -0.2) is 0 Å². The molecule has 4 rings (SSSR count). The molecular weight excluding hydrogens is 380 g/mol. The quantitative estimate of drug-likeness (QED) is 0.698. The van der Waals surface area contributed by atoms with Crippen molar-refractivity contribution in [2.45, 2.75) is 72.5 Å². The zero-order valence-electron chi connectivity index (χ0n) is 18.9. The normalized spacial score (nSPS) is 49.6. The summed E-state index contributed by atoms with van der Waals surface area (Å²) >= 11 is 0. The number of aliphatic hydroxyl groups excluding tert-OH is 1. The molecule has 0 aromatic heterocycles. The van der Waals surface area contributed by atoms with E-state index in [2.05, 4.69) is 13.8 Å². The van der Waals surface area contributed by atoms with Crippen LogP contribution in [-0.4, -0.2) is 34.3 Å². The van der Waals surface area contributed by atoms with Crippen molar-refractivity contribution in [3.8, 4) is 0 Å². The minimum Gasteiger partial charge on any atom is -0.450 e. The number of carbonyl (C=O) groups excluding carboxylic acids is 3. The van der Waals surface area contributed by atoms with Crippen molar-refractivity contribution >= 4 is 17.5 Å². The summed E-state index contributed by atoms with van der Waals surface area (Å²) < 4.78 is 5.88. The van der Waals surface area contributed by atoms with E-state index in [9.17, 15) is 19.5 Å². The Hall–Kier alpha value is -1.75. The molecule has 3 saturated carbocycles. The lowest BCUT2D eigenvalue weighted by Gasteiger charge is -2.61. The molecule has 9 atom stereocenters. The number of rotatable bonds is 2. The second-order valence-corrected chi connectivity index (χ2v) is 10.8. The first-order valence-corrected chi connectivity index (χ1v) is 11.2. The zero-order chi connectivity index (χ0) is 22.2. The van der Waals surface area contributed by atoms with E-state index in [1.807, 2.05) is 19.9 Å². The van der Waals surface area contributed by atoms with E-state index in [-0.39, 0.29) is 46.6 Å². The first-order valence-electron chi connectivity index (χ1n) is 11.2. The van der Waals surface area contributed by atoms with Crippen molar-refractivity contribution in [2.24, 2.45) is 40.4 Å². The summed E-state index contributed by atoms with van der Waals surface area (Å²) in [4.78, 5) is 37.2. The molecule has 0 spiro atoms. The molecule has 0 aliphatic heterocycles. The van der Waals surface area contributed by atoms with Crippen LogP contribution in [0.25, 0.3) is 0 Å². The van der Waals surface area contributed by atoms with Crippen LogP contribution in [0.4, 0.5) is 0 Å². The lowest BCUT2D eigenvalue weighted by molar-refractivity contribution is -0.202. The highest BCUT2D eigenvalue weighted by Crippen LogP contribution is 2.69. The van der Waals surface area contributed by atoms with E-state index in [4.69, 9.17) is 4.74 Å². The van der Waals surface area contributed by atoms with Crippen molar-refractivity contribution < 1.29 is 24.2 Å². The Kier molecular flexibility index (Phi) is 4.74. The molecule has 0 unspecified atom stereocenters. The molecule has 4 aliphatic carbocycles. The average molecular weight is 415 g/mol. The largest absolute Gasteiger partial charge is 0.450 e. The fourth-order valence-corrected chi connectivity index (χ4v) is 8.33. The smallest absolute Gasteiger partial charge is 0.303 e. The van der Waals surface area contributed by atoms with Gasteiger partial charge in [-0.3, -0.25) is 14.4 Å². The fourth-order valence-electron chi connectivity index (χ4n) is 8.33. The van der Waals surface area contributed by atoms with E-state index in [1.165, 1.54) is 13.8 Å². The highest BCUT2D eigenvalue weighted by Gasteiger charge is 2.72. The predicted molar refractivity (Wildman–Crippen MR) is 112 cm³/mol. The van der Waals surface area contributed by atoms with Crippen LogP contribution in [-0.2, 0) is 19.1 Å². The monoisotopic (exact) mass is 414 g/mol. The third kappa shape index (κ3) is 2.54. The molecule has 30 heavy (non-hydrogen) atoms. The van der Waals surface area contributed by atoms with E-state index in [1.54, 1.807) is 12.2 Å². The highest BCUT2D eigenvalue weighted by molar-refractivity contribution is 6.01. The SMILES string of the molecule is CC(=O)O[C@]1(C(C)=O)[C@@H](C)C[C@H]2[C@@H]3C[C@H](C)C4=CC(=O)C=C[C@]4(C)[C@H]3[C@@H](O)C[C@@]21C. The number of aliphatic hydroxyl groups is 1. The molecule has 0 aromatic rings. The van der Waals surface area contributed by atoms with Gasteiger partial charge >= 0.3 is 5.97 Å². The van der Waals surface area contributed by atoms with Crippen LogP contribution in [0.5, 0.6) is 0 Å². The van der Waals surface area contributed by atoms with Crippen molar-refractivity contribution in [1.82, 2.24) is 0 Å². The number of allylic oxidation sites excluding steroid dienone is 4. The van der Waals surface area contributed by atoms with Gasteiger partial charge in [0.1, 0.15) is 0 Å². The molecule has 164 valence electrons. The predicted octanol–water partition coefficient (Wildman–Crippen LogP) is 3.65. The van der Waals surface area contributed by atoms with Crippen molar-refractivity contribution in [3.05, 3.63) is 23.8 Å². The Bertz CT molecular complexity index is 871. The Balaban J connectivity index is 1.83. The van der Waals surface area contributed by atoms with E-state index in [0.29, 0.717) is 6.42 Å². The molecule has 0 saturated heterocycles. The lowest BCUT2D eigenvalue weighted by atomic mass is 9.44. The second-order valence-electron chi connectivity index (χ2n) is 10.8. The van der Waals surface area contributed by atoms with Gasteiger partial charge in [0.2, 0.25) is 0 Å². The molecule has 1 N–H and O–H groups in total. The summed E-state index contributed by atoms with van der Waals surface area (Å²) in [6.45, 7) is 11.2. The minimum absolute atomic E-state index is 0.0165. The van der Waals surface area contributed by atoms with Crippen LogP contribution in [0.15, 0.2) is 23.8 Å². The number of fused-ring (bicyclic) bond motifs is 5. The molecule has 0 bridgehead atoms. The van der Waals surface area contributed by atoms with E-state index in [0.717, 1.165) is 18.4 Å². The first-order chi connectivity index (χ1) is 13.9. The Morgan fingerprint density at radius 2 is 1.83 bits per heavy atom. The van der Waals surface area contributed by atoms with Crippen LogP contribution in [0.1, 0.15) is 60.8 Å². The number of hydrogen-bond acceptors (Lipinski definition) is 5. The molecule has 0 heterocycles. The third-order valence-corrected chi connectivity index (χ3v) is 9.18. The summed E-state index contributed by atoms with van der Waals surface area (Å²) in [6, 6.07) is 0. The zero-order valence-corrected chi connectivity index (χ0v) is 18.9. The maximum atomic E-state index is 13.0. The number of hydrogen-bond donors (Lipinski definition) is 1. The maximum absolute atomic E-state index is 13.0. The Morgan fingerprint density at radius 3 is 2.43 bits per heavy atom. The van der Waals surface area contributed by atoms with Gasteiger partial charge in [-0.2, -0.15) is 0 Å². The van der Waals surface area contributed by atoms with Crippen LogP contribution >= 0.6 is 0 Å². The van der Waals surface area contributed by atoms with E-state index < -0.39 is 23.1 Å². The standard InChI is InChI=1S/C25H34O5/c1-13-9-18-20-10-14(2)25(15(3)26,30-16(4)27)24(20,6)12-21(29)22(18)23(5)8-7-17(28)11-19(13)23/h7-8,11,13-14,18,20-22,29H,9-10,12H2,1-6H3/t13-,14-,18-,20-,21-,22+,23-,24-,25-/m0/s1. The Morgan fingerprint density at radius 1 is 1.17 bits per heavy atom. The van der Waals surface area contributed by atoms with Gasteiger partial charge in [-0.1, -0.05) is 39.3 Å². The fraction of sp³-hybridized carbons (Fsp3) is 0.720. The number of ketones is 2. The number of Topliss-reactive ketones (excluding diaryl/α,β-unsaturated/α-hetero) is 1. The van der Waals surface area contributed by atoms with Crippen LogP contribution in [0.2, 0.25) is 0 Å². The molecule has 5 nitrogen and oxygen atoms in total. The minimum atomic E-state index is -1.20. The van der Waals surface area contributed by atoms with Crippen LogP contribution < -0.4 is 0 Å². The lowest BCUT2D eigenvalue weighted by Crippen LogP contribution is -2.63. The summed E-state index contributed by atoms with van der Waals surface area (Å²) in [6.07, 6.45) is 6.82. The van der Waals surface area contributed by atoms with Gasteiger partial charge in [0.25, 0.3) is 0 Å². The summed E-state index contributed by atoms with van der Waals surface area (Å²) in [7, 11) is 0. The molecular formula is C25H34O5. The molecule has 5 heteroatoms. The number of ether oxygens (including phenoxy) is 1. The average Bonchev–Trinajstić information content (AvgIpc) is 2.84. The van der Waals surface area contributed by atoms with Gasteiger partial charge in [-0.05, 0) is 56.1 Å². The van der Waals surface area contributed by atoms with Crippen molar-refractivity contribution in [3.63, 3.8) is 0 Å². The van der Waals surface area contributed by atoms with Crippen molar-refractivity contribution in [2.75, 3.05) is 0 Å². The first kappa shape index (κ1) is 21.5. The van der Waals surface area contributed by atoms with E-state index >= 15 is 0 Å². The number of esters is 1. The second kappa shape index (κ2) is 6.62. The third-order valence-electron chi connectivity index (χ3n) is 9.18. The molecule has 4 aliphatic rings. The highest BCUT2D eigenvalue weighted by atomic mass is 16.6. The van der Waals surface area contributed by atoms with Gasteiger partial charge in [0.05, 0.1) is 6.10 Å². The van der Waals surface area contributed by atoms with Gasteiger partial charge in [-0.15, -0.1) is 0 Å². The van der Waals surface area contributed by atoms with Crippen LogP contribution in [0.3, 0.4) is 0 Å². The summed E-state index contributed by atoms with van der Waals surface area (Å²) in [5.41, 5.74) is -1.07. The number of carbonyl (C=O) groups is 3. The summed E-state index contributed by atoms with van der Waals surface area (Å²) in [5, 5.41) is 11.5. The van der Waals surface area contributed by atoms with Gasteiger partial charge < -0.3 is 9.84 Å². The van der Waals surface area contributed by atoms with Gasteiger partial charge in [0.15, 0.2) is 17.2 Å². The maximum Gasteiger partial charge on any atom is 0.303 e.